The predicted octanol–water partition coefficient (Wildman–Crippen LogP) is 1.09. The van der Waals surface area contributed by atoms with Gasteiger partial charge in [-0.25, -0.2) is 0 Å². The molecule has 2 aromatic rings. The zero-order chi connectivity index (χ0) is 14.0. The number of rotatable bonds is 4. The molecule has 0 aliphatic carbocycles. The van der Waals surface area contributed by atoms with Crippen LogP contribution in [0.1, 0.15) is 35.9 Å². The van der Waals surface area contributed by atoms with Crippen molar-refractivity contribution in [3.05, 3.63) is 29.6 Å². The number of carbonyl (C=O) groups excluding carboxylic acids is 1. The van der Waals surface area contributed by atoms with E-state index in [4.69, 9.17) is 0 Å². The maximum Gasteiger partial charge on any atom is 0.186 e. The first-order valence-corrected chi connectivity index (χ1v) is 5.80. The Bertz CT molecular complexity index is 607. The molecule has 1 aromatic carbocycles. The van der Waals surface area contributed by atoms with Gasteiger partial charge in [-0.05, 0) is 23.4 Å². The maximum atomic E-state index is 11.9. The Hall–Kier alpha value is -2.44. The van der Waals surface area contributed by atoms with Gasteiger partial charge < -0.3 is 10.2 Å². The number of phenolic OH excluding ortho intramolecular Hbond substituents is 2. The SMILES string of the molecule is CC(C)c1nnn(CC(=O)c2ccc(O)c(O)c2)n1. The summed E-state index contributed by atoms with van der Waals surface area (Å²) in [7, 11) is 0. The van der Waals surface area contributed by atoms with Gasteiger partial charge in [-0.3, -0.25) is 4.79 Å². The zero-order valence-electron chi connectivity index (χ0n) is 10.6. The van der Waals surface area contributed by atoms with Crippen molar-refractivity contribution in [1.82, 2.24) is 20.2 Å². The molecule has 1 aromatic heterocycles. The molecule has 19 heavy (non-hydrogen) atoms. The van der Waals surface area contributed by atoms with Gasteiger partial charge >= 0.3 is 0 Å². The van der Waals surface area contributed by atoms with Gasteiger partial charge in [0.25, 0.3) is 0 Å². The van der Waals surface area contributed by atoms with Crippen molar-refractivity contribution in [3.8, 4) is 11.5 Å². The van der Waals surface area contributed by atoms with Crippen LogP contribution in [0, 0.1) is 0 Å². The topological polar surface area (TPSA) is 101 Å². The minimum Gasteiger partial charge on any atom is -0.504 e. The molecular weight excluding hydrogens is 248 g/mol. The summed E-state index contributed by atoms with van der Waals surface area (Å²) >= 11 is 0. The molecule has 7 nitrogen and oxygen atoms in total. The highest BCUT2D eigenvalue weighted by molar-refractivity contribution is 5.96. The van der Waals surface area contributed by atoms with Crippen molar-refractivity contribution >= 4 is 5.78 Å². The van der Waals surface area contributed by atoms with Gasteiger partial charge in [0.2, 0.25) is 0 Å². The molecule has 2 N–H and O–H groups in total. The molecule has 0 unspecified atom stereocenters. The van der Waals surface area contributed by atoms with Gasteiger partial charge in [0, 0.05) is 11.5 Å². The van der Waals surface area contributed by atoms with E-state index < -0.39 is 0 Å². The van der Waals surface area contributed by atoms with E-state index in [2.05, 4.69) is 15.4 Å². The Morgan fingerprint density at radius 2 is 2.05 bits per heavy atom. The van der Waals surface area contributed by atoms with Crippen LogP contribution < -0.4 is 0 Å². The van der Waals surface area contributed by atoms with E-state index in [1.807, 2.05) is 13.8 Å². The molecule has 100 valence electrons. The van der Waals surface area contributed by atoms with Crippen molar-refractivity contribution in [2.75, 3.05) is 0 Å². The average Bonchev–Trinajstić information content (AvgIpc) is 2.81. The quantitative estimate of drug-likeness (QED) is 0.631. The molecular formula is C12H14N4O3. The molecule has 7 heteroatoms. The Kier molecular flexibility index (Phi) is 3.46. The van der Waals surface area contributed by atoms with Crippen LogP contribution in [-0.2, 0) is 6.54 Å². The number of tetrazole rings is 1. The summed E-state index contributed by atoms with van der Waals surface area (Å²) in [4.78, 5) is 13.1. The average molecular weight is 262 g/mol. The van der Waals surface area contributed by atoms with Crippen LogP contribution in [0.3, 0.4) is 0 Å². The minimum absolute atomic E-state index is 0.0655. The lowest BCUT2D eigenvalue weighted by Crippen LogP contribution is -2.13. The summed E-state index contributed by atoms with van der Waals surface area (Å²) in [6.45, 7) is 3.80. The molecule has 0 spiro atoms. The zero-order valence-corrected chi connectivity index (χ0v) is 10.6. The van der Waals surface area contributed by atoms with Crippen molar-refractivity contribution < 1.29 is 15.0 Å². The summed E-state index contributed by atoms with van der Waals surface area (Å²) in [5.74, 6) is -0.163. The molecule has 0 saturated carbocycles. The predicted molar refractivity (Wildman–Crippen MR) is 66.0 cm³/mol. The summed E-state index contributed by atoms with van der Waals surface area (Å²) in [6.07, 6.45) is 0. The molecule has 0 radical (unpaired) electrons. The maximum absolute atomic E-state index is 11.9. The number of hydrogen-bond acceptors (Lipinski definition) is 6. The molecule has 2 rings (SSSR count). The first-order chi connectivity index (χ1) is 8.97. The fourth-order valence-electron chi connectivity index (χ4n) is 1.47. The molecule has 0 amide bonds. The summed E-state index contributed by atoms with van der Waals surface area (Å²) < 4.78 is 0. The van der Waals surface area contributed by atoms with Crippen LogP contribution >= 0.6 is 0 Å². The number of hydrogen-bond donors (Lipinski definition) is 2. The largest absolute Gasteiger partial charge is 0.504 e. The second-order valence-electron chi connectivity index (χ2n) is 4.46. The van der Waals surface area contributed by atoms with Crippen molar-refractivity contribution in [2.24, 2.45) is 0 Å². The standard InChI is InChI=1S/C12H14N4O3/c1-7(2)12-13-15-16(14-12)6-11(19)8-3-4-9(17)10(18)5-8/h3-5,7,17-18H,6H2,1-2H3. The Morgan fingerprint density at radius 3 is 2.63 bits per heavy atom. The van der Waals surface area contributed by atoms with Crippen LogP contribution in [0.5, 0.6) is 11.5 Å². The molecule has 0 atom stereocenters. The lowest BCUT2D eigenvalue weighted by molar-refractivity contribution is 0.0961. The summed E-state index contributed by atoms with van der Waals surface area (Å²) in [5, 5.41) is 30.2. The van der Waals surface area contributed by atoms with Crippen LogP contribution in [-0.4, -0.2) is 36.2 Å². The van der Waals surface area contributed by atoms with Gasteiger partial charge in [-0.1, -0.05) is 13.8 Å². The second-order valence-corrected chi connectivity index (χ2v) is 4.46. The molecule has 1 heterocycles. The van der Waals surface area contributed by atoms with Gasteiger partial charge in [0.15, 0.2) is 23.1 Å². The van der Waals surface area contributed by atoms with Gasteiger partial charge in [0.05, 0.1) is 0 Å². The van der Waals surface area contributed by atoms with E-state index in [1.54, 1.807) is 0 Å². The number of Topliss-reactive ketones (excluding diaryl/α,β-unsaturated/α-hetero) is 1. The third-order valence-corrected chi connectivity index (χ3v) is 2.57. The van der Waals surface area contributed by atoms with Gasteiger partial charge in [0.1, 0.15) is 6.54 Å². The van der Waals surface area contributed by atoms with E-state index in [9.17, 15) is 15.0 Å². The third kappa shape index (κ3) is 2.87. The second kappa shape index (κ2) is 5.05. The van der Waals surface area contributed by atoms with Crippen LogP contribution in [0.25, 0.3) is 0 Å². The van der Waals surface area contributed by atoms with Crippen molar-refractivity contribution in [2.45, 2.75) is 26.3 Å². The van der Waals surface area contributed by atoms with E-state index in [0.29, 0.717) is 5.82 Å². The fraction of sp³-hybridized carbons (Fsp3) is 0.333. The first-order valence-electron chi connectivity index (χ1n) is 5.80. The number of benzene rings is 1. The van der Waals surface area contributed by atoms with Crippen LogP contribution in [0.4, 0.5) is 0 Å². The number of aromatic nitrogens is 4. The smallest absolute Gasteiger partial charge is 0.186 e. The minimum atomic E-state index is -0.333. The van der Waals surface area contributed by atoms with Crippen LogP contribution in [0.15, 0.2) is 18.2 Å². The van der Waals surface area contributed by atoms with E-state index in [1.165, 1.54) is 23.0 Å². The number of nitrogens with zero attached hydrogens (tertiary/aromatic N) is 4. The Labute approximate surface area is 109 Å². The fourth-order valence-corrected chi connectivity index (χ4v) is 1.47. The molecule has 0 bridgehead atoms. The van der Waals surface area contributed by atoms with Gasteiger partial charge in [-0.2, -0.15) is 4.80 Å². The third-order valence-electron chi connectivity index (χ3n) is 2.57. The molecule has 0 aliphatic heterocycles. The molecule has 0 saturated heterocycles. The van der Waals surface area contributed by atoms with Crippen LogP contribution in [0.2, 0.25) is 0 Å². The number of phenols is 2. The molecule has 0 aliphatic rings. The van der Waals surface area contributed by atoms with Crippen molar-refractivity contribution in [3.63, 3.8) is 0 Å². The van der Waals surface area contributed by atoms with Crippen molar-refractivity contribution in [1.29, 1.82) is 0 Å². The van der Waals surface area contributed by atoms with E-state index in [0.717, 1.165) is 0 Å². The summed E-state index contributed by atoms with van der Waals surface area (Å²) in [6, 6.07) is 3.90. The highest BCUT2D eigenvalue weighted by atomic mass is 16.3. The highest BCUT2D eigenvalue weighted by Gasteiger charge is 2.13. The molecule has 0 fully saturated rings. The Morgan fingerprint density at radius 1 is 1.32 bits per heavy atom. The van der Waals surface area contributed by atoms with E-state index >= 15 is 0 Å². The monoisotopic (exact) mass is 262 g/mol. The number of ketones is 1. The lowest BCUT2D eigenvalue weighted by atomic mass is 10.1. The number of carbonyl (C=O) groups is 1. The Balaban J connectivity index is 2.13. The number of aromatic hydroxyl groups is 2. The summed E-state index contributed by atoms with van der Waals surface area (Å²) in [5.41, 5.74) is 0.277. The van der Waals surface area contributed by atoms with Gasteiger partial charge in [-0.15, -0.1) is 10.2 Å². The first kappa shape index (κ1) is 13.0. The highest BCUT2D eigenvalue weighted by Crippen LogP contribution is 2.25. The lowest BCUT2D eigenvalue weighted by Gasteiger charge is -2.02. The van der Waals surface area contributed by atoms with E-state index in [-0.39, 0.29) is 35.3 Å². The normalized spacial score (nSPS) is 10.9.